The van der Waals surface area contributed by atoms with E-state index in [0.717, 1.165) is 5.56 Å². The van der Waals surface area contributed by atoms with Crippen LogP contribution in [0, 0.1) is 0 Å². The Hall–Kier alpha value is -3.55. The molecule has 0 spiro atoms. The van der Waals surface area contributed by atoms with Crippen LogP contribution in [0.25, 0.3) is 0 Å². The Morgan fingerprint density at radius 1 is 1.11 bits per heavy atom. The molecule has 1 heterocycles. The standard InChI is InChI=1S/C20H20N2O6/c1-13(23)22(16-5-3-4-15(9-16)20(25)26-2)11-19(24)21-10-14-6-7-17-18(8-14)28-12-27-17/h3-9H,10-12H2,1-2H3,(H,21,24). The summed E-state index contributed by atoms with van der Waals surface area (Å²) in [6, 6.07) is 11.8. The molecule has 1 aliphatic rings. The molecule has 3 rings (SSSR count). The summed E-state index contributed by atoms with van der Waals surface area (Å²) in [6.07, 6.45) is 0. The SMILES string of the molecule is COC(=O)c1cccc(N(CC(=O)NCc2ccc3c(c2)OCO3)C(C)=O)c1. The van der Waals surface area contributed by atoms with Gasteiger partial charge in [0, 0.05) is 19.2 Å². The Morgan fingerprint density at radius 3 is 2.64 bits per heavy atom. The number of fused-ring (bicyclic) bond motifs is 1. The first kappa shape index (κ1) is 19.2. The van der Waals surface area contributed by atoms with Gasteiger partial charge in [0.2, 0.25) is 18.6 Å². The Balaban J connectivity index is 1.65. The second kappa shape index (κ2) is 8.43. The number of anilines is 1. The summed E-state index contributed by atoms with van der Waals surface area (Å²) in [4.78, 5) is 37.4. The van der Waals surface area contributed by atoms with Crippen molar-refractivity contribution in [3.63, 3.8) is 0 Å². The Kier molecular flexibility index (Phi) is 5.78. The fraction of sp³-hybridized carbons (Fsp3) is 0.250. The van der Waals surface area contributed by atoms with Crippen molar-refractivity contribution >= 4 is 23.5 Å². The monoisotopic (exact) mass is 384 g/mol. The van der Waals surface area contributed by atoms with E-state index >= 15 is 0 Å². The molecular formula is C20H20N2O6. The highest BCUT2D eigenvalue weighted by atomic mass is 16.7. The maximum Gasteiger partial charge on any atom is 0.337 e. The lowest BCUT2D eigenvalue weighted by atomic mass is 10.2. The van der Waals surface area contributed by atoms with Crippen LogP contribution < -0.4 is 19.7 Å². The number of rotatable bonds is 6. The van der Waals surface area contributed by atoms with Crippen molar-refractivity contribution in [3.8, 4) is 11.5 Å². The molecule has 0 atom stereocenters. The second-order valence-corrected chi connectivity index (χ2v) is 6.11. The van der Waals surface area contributed by atoms with Crippen LogP contribution in [0.2, 0.25) is 0 Å². The van der Waals surface area contributed by atoms with Crippen LogP contribution in [-0.4, -0.2) is 38.2 Å². The van der Waals surface area contributed by atoms with Crippen molar-refractivity contribution < 1.29 is 28.6 Å². The Morgan fingerprint density at radius 2 is 1.89 bits per heavy atom. The number of esters is 1. The van der Waals surface area contributed by atoms with Crippen LogP contribution in [0.5, 0.6) is 11.5 Å². The van der Waals surface area contributed by atoms with E-state index in [2.05, 4.69) is 5.32 Å². The predicted octanol–water partition coefficient (Wildman–Crippen LogP) is 1.87. The van der Waals surface area contributed by atoms with Crippen molar-refractivity contribution in [2.24, 2.45) is 0 Å². The van der Waals surface area contributed by atoms with Gasteiger partial charge >= 0.3 is 5.97 Å². The highest BCUT2D eigenvalue weighted by Gasteiger charge is 2.18. The van der Waals surface area contributed by atoms with E-state index in [1.165, 1.54) is 25.0 Å². The quantitative estimate of drug-likeness (QED) is 0.764. The van der Waals surface area contributed by atoms with Crippen LogP contribution in [0.1, 0.15) is 22.8 Å². The minimum atomic E-state index is -0.516. The van der Waals surface area contributed by atoms with Gasteiger partial charge in [-0.2, -0.15) is 0 Å². The smallest absolute Gasteiger partial charge is 0.337 e. The van der Waals surface area contributed by atoms with Gasteiger partial charge in [0.05, 0.1) is 12.7 Å². The largest absolute Gasteiger partial charge is 0.465 e. The molecule has 0 radical (unpaired) electrons. The molecule has 0 bridgehead atoms. The number of methoxy groups -OCH3 is 1. The number of nitrogens with one attached hydrogen (secondary N) is 1. The van der Waals surface area contributed by atoms with E-state index < -0.39 is 5.97 Å². The van der Waals surface area contributed by atoms with Gasteiger partial charge in [0.1, 0.15) is 6.54 Å². The van der Waals surface area contributed by atoms with Crippen molar-refractivity contribution in [3.05, 3.63) is 53.6 Å². The van der Waals surface area contributed by atoms with E-state index in [1.54, 1.807) is 30.3 Å². The summed E-state index contributed by atoms with van der Waals surface area (Å²) in [6.45, 7) is 1.65. The third-order valence-corrected chi connectivity index (χ3v) is 4.19. The molecule has 8 nitrogen and oxygen atoms in total. The van der Waals surface area contributed by atoms with Crippen molar-refractivity contribution in [1.29, 1.82) is 0 Å². The van der Waals surface area contributed by atoms with Crippen LogP contribution in [0.4, 0.5) is 5.69 Å². The molecule has 0 fully saturated rings. The first-order valence-corrected chi connectivity index (χ1v) is 8.59. The molecule has 0 unspecified atom stereocenters. The number of nitrogens with zero attached hydrogens (tertiary/aromatic N) is 1. The van der Waals surface area contributed by atoms with Gasteiger partial charge in [-0.25, -0.2) is 4.79 Å². The fourth-order valence-corrected chi connectivity index (χ4v) is 2.75. The van der Waals surface area contributed by atoms with Crippen LogP contribution in [0.3, 0.4) is 0 Å². The molecule has 146 valence electrons. The molecule has 2 aromatic rings. The lowest BCUT2D eigenvalue weighted by molar-refractivity contribution is -0.123. The topological polar surface area (TPSA) is 94.2 Å². The number of hydrogen-bond acceptors (Lipinski definition) is 6. The number of amides is 2. The van der Waals surface area contributed by atoms with Crippen LogP contribution in [-0.2, 0) is 20.9 Å². The molecule has 1 aliphatic heterocycles. The van der Waals surface area contributed by atoms with Gasteiger partial charge in [0.15, 0.2) is 11.5 Å². The molecular weight excluding hydrogens is 364 g/mol. The summed E-state index contributed by atoms with van der Waals surface area (Å²) >= 11 is 0. The van der Waals surface area contributed by atoms with Crippen molar-refractivity contribution in [2.75, 3.05) is 25.3 Å². The zero-order chi connectivity index (χ0) is 20.1. The molecule has 28 heavy (non-hydrogen) atoms. The first-order chi connectivity index (χ1) is 13.5. The highest BCUT2D eigenvalue weighted by Crippen LogP contribution is 2.32. The van der Waals surface area contributed by atoms with Gasteiger partial charge in [-0.15, -0.1) is 0 Å². The minimum absolute atomic E-state index is 0.176. The first-order valence-electron chi connectivity index (χ1n) is 8.59. The number of ether oxygens (including phenoxy) is 3. The molecule has 1 N–H and O–H groups in total. The summed E-state index contributed by atoms with van der Waals surface area (Å²) in [5.41, 5.74) is 1.58. The van der Waals surface area contributed by atoms with E-state index in [9.17, 15) is 14.4 Å². The third-order valence-electron chi connectivity index (χ3n) is 4.19. The zero-order valence-corrected chi connectivity index (χ0v) is 15.6. The molecule has 0 aromatic heterocycles. The summed E-state index contributed by atoms with van der Waals surface area (Å²) in [5, 5.41) is 2.77. The van der Waals surface area contributed by atoms with Crippen LogP contribution in [0.15, 0.2) is 42.5 Å². The number of benzene rings is 2. The average molecular weight is 384 g/mol. The van der Waals surface area contributed by atoms with Gasteiger partial charge in [0.25, 0.3) is 0 Å². The maximum absolute atomic E-state index is 12.4. The molecule has 0 saturated heterocycles. The lowest BCUT2D eigenvalue weighted by Gasteiger charge is -2.21. The van der Waals surface area contributed by atoms with Gasteiger partial charge in [-0.1, -0.05) is 12.1 Å². The van der Waals surface area contributed by atoms with E-state index in [1.807, 2.05) is 6.07 Å². The van der Waals surface area contributed by atoms with E-state index in [-0.39, 0.29) is 31.7 Å². The highest BCUT2D eigenvalue weighted by molar-refractivity contribution is 5.99. The van der Waals surface area contributed by atoms with Gasteiger partial charge < -0.3 is 24.4 Å². The zero-order valence-electron chi connectivity index (χ0n) is 15.6. The lowest BCUT2D eigenvalue weighted by Crippen LogP contribution is -2.39. The predicted molar refractivity (Wildman–Crippen MR) is 100 cm³/mol. The maximum atomic E-state index is 12.4. The van der Waals surface area contributed by atoms with Crippen molar-refractivity contribution in [1.82, 2.24) is 5.32 Å². The Labute approximate surface area is 162 Å². The van der Waals surface area contributed by atoms with Gasteiger partial charge in [-0.05, 0) is 35.9 Å². The van der Waals surface area contributed by atoms with Gasteiger partial charge in [-0.3, -0.25) is 9.59 Å². The second-order valence-electron chi connectivity index (χ2n) is 6.11. The number of carbonyl (C=O) groups is 3. The van der Waals surface area contributed by atoms with Crippen molar-refractivity contribution in [2.45, 2.75) is 13.5 Å². The molecule has 0 aliphatic carbocycles. The minimum Gasteiger partial charge on any atom is -0.465 e. The van der Waals surface area contributed by atoms with Crippen LogP contribution >= 0.6 is 0 Å². The Bertz CT molecular complexity index is 911. The number of hydrogen-bond donors (Lipinski definition) is 1. The molecule has 0 saturated carbocycles. The normalized spacial score (nSPS) is 11.6. The van der Waals surface area contributed by atoms with E-state index in [4.69, 9.17) is 14.2 Å². The summed E-state index contributed by atoms with van der Waals surface area (Å²) in [5.74, 6) is 0.134. The fourth-order valence-electron chi connectivity index (χ4n) is 2.75. The third kappa shape index (κ3) is 4.40. The average Bonchev–Trinajstić information content (AvgIpc) is 3.17. The summed E-state index contributed by atoms with van der Waals surface area (Å²) < 4.78 is 15.3. The number of carbonyl (C=O) groups excluding carboxylic acids is 3. The molecule has 2 aromatic carbocycles. The summed E-state index contributed by atoms with van der Waals surface area (Å²) in [7, 11) is 1.28. The molecule has 8 heteroatoms. The van der Waals surface area contributed by atoms with E-state index in [0.29, 0.717) is 22.7 Å². The molecule has 2 amide bonds.